The number of nitrogens with zero attached hydrogens (tertiary/aromatic N) is 15. The van der Waals surface area contributed by atoms with Crippen LogP contribution in [-0.4, -0.2) is 24.8 Å². The van der Waals surface area contributed by atoms with Crippen molar-refractivity contribution in [1.29, 1.82) is 47.4 Å². The second kappa shape index (κ2) is 42.4. The average molecular weight is 1430 g/mol. The fourth-order valence-corrected chi connectivity index (χ4v) is 8.95. The van der Waals surface area contributed by atoms with Crippen molar-refractivity contribution in [2.75, 3.05) is 0 Å². The topological polar surface area (TPSA) is 285 Å². The number of halogens is 3. The maximum absolute atomic E-state index is 9.40. The molecule has 0 spiro atoms. The van der Waals surface area contributed by atoms with E-state index in [0.29, 0.717) is 19.4 Å². The second-order valence-electron chi connectivity index (χ2n) is 23.8. The Kier molecular flexibility index (Phi) is 41.2. The molecule has 0 amide bonds. The second-order valence-corrected chi connectivity index (χ2v) is 25.5. The van der Waals surface area contributed by atoms with Gasteiger partial charge in [0.25, 0.3) is 0 Å². The van der Waals surface area contributed by atoms with E-state index in [1.807, 2.05) is 170 Å². The minimum Gasteiger partial charge on any atom is -0.512 e. The van der Waals surface area contributed by atoms with E-state index in [1.165, 1.54) is 35.7 Å². The number of aromatic nitrogens is 6. The van der Waals surface area contributed by atoms with Crippen molar-refractivity contribution in [1.82, 2.24) is 29.9 Å². The Morgan fingerprint density at radius 3 is 0.945 bits per heavy atom. The van der Waals surface area contributed by atoms with Gasteiger partial charge in [-0.2, -0.15) is 47.2 Å². The predicted octanol–water partition coefficient (Wildman–Crippen LogP) is 10.8. The number of nitriles is 8. The molecule has 20 heteroatoms. The van der Waals surface area contributed by atoms with Gasteiger partial charge < -0.3 is 21.9 Å². The van der Waals surface area contributed by atoms with Crippen molar-refractivity contribution < 1.29 is 59.1 Å². The van der Waals surface area contributed by atoms with Gasteiger partial charge in [-0.1, -0.05) is 169 Å². The Hall–Kier alpha value is -6.77. The Bertz CT molecular complexity index is 3550. The molecule has 2 aromatic heterocycles. The van der Waals surface area contributed by atoms with Gasteiger partial charge in [0.1, 0.15) is 12.7 Å². The van der Waals surface area contributed by atoms with E-state index < -0.39 is 32.5 Å². The van der Waals surface area contributed by atoms with Crippen molar-refractivity contribution in [2.24, 2.45) is 0 Å². The van der Waals surface area contributed by atoms with Gasteiger partial charge in [-0.05, 0) is 171 Å². The predicted molar refractivity (Wildman–Crippen MR) is 361 cm³/mol. The van der Waals surface area contributed by atoms with Crippen LogP contribution in [0.2, 0.25) is 0 Å². The summed E-state index contributed by atoms with van der Waals surface area (Å²) in [6, 6.07) is 48.5. The van der Waals surface area contributed by atoms with Crippen molar-refractivity contribution in [3.63, 3.8) is 0 Å². The van der Waals surface area contributed by atoms with E-state index in [-0.39, 0.29) is 66.5 Å². The zero-order valence-corrected chi connectivity index (χ0v) is 63.8. The van der Waals surface area contributed by atoms with Crippen LogP contribution in [0.4, 0.5) is 0 Å². The fourth-order valence-electron chi connectivity index (χ4n) is 7.98. The summed E-state index contributed by atoms with van der Waals surface area (Å²) < 4.78 is 1.72. The minimum absolute atomic E-state index is 0. The van der Waals surface area contributed by atoms with E-state index in [9.17, 15) is 31.6 Å². The molecule has 0 aliphatic rings. The number of hydrogen-bond donors (Lipinski definition) is 0. The molecule has 7 rings (SSSR count). The largest absolute Gasteiger partial charge is 1.00 e. The molecule has 5 aromatic carbocycles. The quantitative estimate of drug-likeness (QED) is 0.0589. The van der Waals surface area contributed by atoms with Gasteiger partial charge in [0, 0.05) is 22.3 Å². The van der Waals surface area contributed by atoms with Crippen molar-refractivity contribution in [3.8, 4) is 48.6 Å². The van der Waals surface area contributed by atoms with Crippen LogP contribution < -0.4 is 64.2 Å². The summed E-state index contributed by atoms with van der Waals surface area (Å²) in [5.74, 6) is 0. The SMILES string of the molecule is C.CC(C)(C#N)c1cc(CBr)cc(C(C)(C)C#N)c1.CC(C)(C#N)c1cc(Cn2cncn2)cc(C(C)(C)C#N)c1.Cc1cc(C(C)(C)C#N)cc(C(C)(C)C#N)c1.Cc1cc(CBr)cc(CBr)c1.Cc1cc(CC#N)cc(CC#N)c1.[C-]#N.[Na+].[Na+].c1nc[n-]n1. The molecule has 2 heterocycles. The Balaban J connectivity index is -0.00000104. The van der Waals surface area contributed by atoms with E-state index >= 15 is 0 Å². The first-order valence-electron chi connectivity index (χ1n) is 27.6. The third kappa shape index (κ3) is 30.0. The number of aryl methyl sites for hydroxylation is 3. The third-order valence-electron chi connectivity index (χ3n) is 13.6. The van der Waals surface area contributed by atoms with Crippen molar-refractivity contribution >= 4 is 47.8 Å². The average Bonchev–Trinajstić information content (AvgIpc) is 0.926. The van der Waals surface area contributed by atoms with Crippen molar-refractivity contribution in [3.05, 3.63) is 206 Å². The molecule has 0 N–H and O–H groups in total. The number of rotatable bonds is 13. The van der Waals surface area contributed by atoms with Crippen LogP contribution in [0.3, 0.4) is 0 Å². The molecule has 0 aliphatic carbocycles. The summed E-state index contributed by atoms with van der Waals surface area (Å²) in [4.78, 5) is 7.44. The van der Waals surface area contributed by atoms with Gasteiger partial charge in [0.05, 0.1) is 100 Å². The molecule has 0 saturated carbocycles. The summed E-state index contributed by atoms with van der Waals surface area (Å²) in [5.41, 5.74) is 12.6. The van der Waals surface area contributed by atoms with E-state index in [2.05, 4.69) is 147 Å². The van der Waals surface area contributed by atoms with E-state index in [4.69, 9.17) is 22.4 Å². The smallest absolute Gasteiger partial charge is 0.512 e. The van der Waals surface area contributed by atoms with Crippen LogP contribution in [0, 0.1) is 123 Å². The maximum Gasteiger partial charge on any atom is 1.00 e. The molecule has 15 nitrogen and oxygen atoms in total. The van der Waals surface area contributed by atoms with Crippen LogP contribution in [0.5, 0.6) is 0 Å². The Morgan fingerprint density at radius 2 is 0.692 bits per heavy atom. The van der Waals surface area contributed by atoms with Crippen molar-refractivity contribution in [2.45, 2.75) is 179 Å². The fraction of sp³-hybridized carbons (Fsp3) is 0.394. The molecule has 7 aromatic rings. The van der Waals surface area contributed by atoms with E-state index in [1.54, 1.807) is 11.0 Å². The zero-order chi connectivity index (χ0) is 67.1. The number of hydrogen-bond acceptors (Lipinski definition) is 13. The first-order chi connectivity index (χ1) is 41.3. The van der Waals surface area contributed by atoms with Crippen LogP contribution >= 0.6 is 47.8 Å². The Morgan fingerprint density at radius 1 is 0.407 bits per heavy atom. The van der Waals surface area contributed by atoms with Gasteiger partial charge in [-0.15, -0.1) is 0 Å². The van der Waals surface area contributed by atoms with Crippen LogP contribution in [0.15, 0.2) is 116 Å². The summed E-state index contributed by atoms with van der Waals surface area (Å²) in [5, 5.41) is 92.3. The summed E-state index contributed by atoms with van der Waals surface area (Å²) in [6.07, 6.45) is 6.75. The monoisotopic (exact) mass is 1430 g/mol. The number of alkyl halides is 3. The van der Waals surface area contributed by atoms with Crippen LogP contribution in [0.1, 0.15) is 174 Å². The minimum atomic E-state index is -0.612. The summed E-state index contributed by atoms with van der Waals surface area (Å²) >= 11 is 10.3. The molecule has 0 atom stereocenters. The molecule has 0 fully saturated rings. The molecular formula is C71H80Br3N15Na2. The van der Waals surface area contributed by atoms with Crippen LogP contribution in [0.25, 0.3) is 0 Å². The van der Waals surface area contributed by atoms with Gasteiger partial charge >= 0.3 is 59.1 Å². The molecular weight excluding hydrogens is 1350 g/mol. The van der Waals surface area contributed by atoms with Crippen LogP contribution in [-0.2, 0) is 67.9 Å². The molecule has 0 bridgehead atoms. The standard InChI is InChI=1S/C17H19N5.C15H17BrN2.C15H18N2.C11H10N2.C9H10Br2.C2H2N3.CN.CH4.2Na/c1-16(2,9-18)14-5-13(8-22-12-20-11-21-22)6-15(7-14)17(3,4)10-19;1-14(2,9-17)12-5-11(8-16)6-13(7-12)15(3,4)10-18;1-11-6-12(14(2,3)9-16)8-13(7-11)15(4,5)10-17;1-9-6-10(2-4-12)8-11(7-9)3-5-13;1-7-2-8(5-10)4-9(3-7)6-11;1-3-2-5-4-1;1-2;;;/h5-7,11-12H,8H2,1-4H3;5-7H,8H2,1-4H3;6-8H,1-5H3;6-8H,2-3H2,1H3;2-4H,5-6H2,1H3;1-2H;;1H4;;/q;;;;;2*-1;;2*+1. The maximum atomic E-state index is 9.40. The molecule has 0 aliphatic heterocycles. The normalized spacial score (nSPS) is 10.3. The Labute approximate surface area is 612 Å². The number of benzene rings is 5. The molecule has 91 heavy (non-hydrogen) atoms. The van der Waals surface area contributed by atoms with Gasteiger partial charge in [-0.3, -0.25) is 5.10 Å². The zero-order valence-electron chi connectivity index (χ0n) is 55.1. The molecule has 462 valence electrons. The first kappa shape index (κ1) is 88.4. The van der Waals surface area contributed by atoms with Gasteiger partial charge in [0.2, 0.25) is 0 Å². The summed E-state index contributed by atoms with van der Waals surface area (Å²) in [6.45, 7) is 34.1. The first-order valence-corrected chi connectivity index (χ1v) is 30.9. The molecule has 0 radical (unpaired) electrons. The van der Waals surface area contributed by atoms with E-state index in [0.717, 1.165) is 82.8 Å². The van der Waals surface area contributed by atoms with Gasteiger partial charge in [-0.25, -0.2) is 9.67 Å². The summed E-state index contributed by atoms with van der Waals surface area (Å²) in [7, 11) is 0. The van der Waals surface area contributed by atoms with Gasteiger partial charge in [0.15, 0.2) is 0 Å². The third-order valence-corrected chi connectivity index (χ3v) is 15.6. The molecule has 0 unspecified atom stereocenters. The molecule has 0 saturated heterocycles.